The van der Waals surface area contributed by atoms with E-state index in [0.29, 0.717) is 24.5 Å². The summed E-state index contributed by atoms with van der Waals surface area (Å²) in [5, 5.41) is 12.0. The van der Waals surface area contributed by atoms with Gasteiger partial charge in [-0.25, -0.2) is 9.78 Å². The number of urea groups is 1. The fourth-order valence-electron chi connectivity index (χ4n) is 2.96. The van der Waals surface area contributed by atoms with Gasteiger partial charge in [-0.1, -0.05) is 6.92 Å². The number of benzene rings is 1. The molecular weight excluding hydrogens is 310 g/mol. The van der Waals surface area contributed by atoms with Crippen molar-refractivity contribution in [3.63, 3.8) is 0 Å². The molecule has 0 bridgehead atoms. The molecule has 7 heteroatoms. The van der Waals surface area contributed by atoms with Crippen molar-refractivity contribution in [3.8, 4) is 11.5 Å². The van der Waals surface area contributed by atoms with Crippen molar-refractivity contribution >= 4 is 17.7 Å². The maximum absolute atomic E-state index is 12.4. The van der Waals surface area contributed by atoms with Gasteiger partial charge in [-0.05, 0) is 36.6 Å². The van der Waals surface area contributed by atoms with Gasteiger partial charge in [0.05, 0.1) is 12.1 Å². The van der Waals surface area contributed by atoms with Crippen LogP contribution in [0.15, 0.2) is 41.1 Å². The lowest BCUT2D eigenvalue weighted by Gasteiger charge is -2.34. The van der Waals surface area contributed by atoms with Gasteiger partial charge in [0, 0.05) is 24.3 Å². The molecule has 1 aromatic heterocycles. The van der Waals surface area contributed by atoms with Gasteiger partial charge in [-0.3, -0.25) is 4.79 Å². The summed E-state index contributed by atoms with van der Waals surface area (Å²) in [6.07, 6.45) is 3.67. The smallest absolute Gasteiger partial charge is 0.321 e. The highest BCUT2D eigenvalue weighted by Gasteiger charge is 2.31. The van der Waals surface area contributed by atoms with Crippen LogP contribution in [0.4, 0.5) is 10.5 Å². The first kappa shape index (κ1) is 16.0. The van der Waals surface area contributed by atoms with Crippen molar-refractivity contribution in [1.82, 2.24) is 9.88 Å². The second-order valence-corrected chi connectivity index (χ2v) is 6.13. The number of carboxylic acid groups (broad SMARTS) is 1. The van der Waals surface area contributed by atoms with Crippen LogP contribution in [-0.2, 0) is 4.79 Å². The van der Waals surface area contributed by atoms with Crippen molar-refractivity contribution in [2.75, 3.05) is 18.4 Å². The number of hydrogen-bond acceptors (Lipinski definition) is 4. The van der Waals surface area contributed by atoms with E-state index < -0.39 is 11.9 Å². The number of rotatable bonds is 3. The van der Waals surface area contributed by atoms with Gasteiger partial charge in [0.2, 0.25) is 5.89 Å². The monoisotopic (exact) mass is 329 g/mol. The van der Waals surface area contributed by atoms with Crippen molar-refractivity contribution in [2.24, 2.45) is 11.8 Å². The first-order chi connectivity index (χ1) is 11.5. The molecule has 1 aliphatic rings. The van der Waals surface area contributed by atoms with Crippen molar-refractivity contribution in [3.05, 3.63) is 36.7 Å². The fraction of sp³-hybridized carbons (Fsp3) is 0.353. The Bertz CT molecular complexity index is 712. The number of carbonyl (C=O) groups excluding carboxylic acids is 1. The third kappa shape index (κ3) is 3.56. The van der Waals surface area contributed by atoms with Crippen LogP contribution < -0.4 is 5.32 Å². The molecule has 0 aliphatic carbocycles. The Morgan fingerprint density at radius 1 is 1.29 bits per heavy atom. The maximum Gasteiger partial charge on any atom is 0.321 e. The largest absolute Gasteiger partial charge is 0.481 e. The quantitative estimate of drug-likeness (QED) is 0.902. The summed E-state index contributed by atoms with van der Waals surface area (Å²) in [5.41, 5.74) is 1.45. The van der Waals surface area contributed by atoms with Crippen LogP contribution in [0.2, 0.25) is 0 Å². The van der Waals surface area contributed by atoms with Crippen LogP contribution in [0.5, 0.6) is 0 Å². The summed E-state index contributed by atoms with van der Waals surface area (Å²) in [5.74, 6) is -0.679. The maximum atomic E-state index is 12.4. The predicted octanol–water partition coefficient (Wildman–Crippen LogP) is 2.92. The lowest BCUT2D eigenvalue weighted by Crippen LogP contribution is -2.47. The van der Waals surface area contributed by atoms with E-state index in [0.717, 1.165) is 5.56 Å². The summed E-state index contributed by atoms with van der Waals surface area (Å²) in [6, 6.07) is 6.86. The van der Waals surface area contributed by atoms with Crippen molar-refractivity contribution in [1.29, 1.82) is 0 Å². The van der Waals surface area contributed by atoms with E-state index in [1.807, 2.05) is 6.92 Å². The molecule has 7 nitrogen and oxygen atoms in total. The van der Waals surface area contributed by atoms with E-state index in [2.05, 4.69) is 10.3 Å². The second kappa shape index (κ2) is 6.74. The summed E-state index contributed by atoms with van der Waals surface area (Å²) in [6.45, 7) is 2.75. The molecule has 1 aromatic carbocycles. The van der Waals surface area contributed by atoms with E-state index in [-0.39, 0.29) is 18.5 Å². The average molecular weight is 329 g/mol. The molecule has 1 saturated heterocycles. The molecule has 0 radical (unpaired) electrons. The molecule has 2 aromatic rings. The Morgan fingerprint density at radius 2 is 2.04 bits per heavy atom. The molecule has 3 rings (SSSR count). The number of hydrogen-bond donors (Lipinski definition) is 2. The minimum Gasteiger partial charge on any atom is -0.481 e. The standard InChI is InChI=1S/C17H19N3O4/c1-11-8-13(16(21)22)10-20(9-11)17(23)19-14-4-2-12(3-5-14)15-18-6-7-24-15/h2-7,11,13H,8-10H2,1H3,(H,19,23)(H,21,22). The lowest BCUT2D eigenvalue weighted by atomic mass is 9.91. The first-order valence-electron chi connectivity index (χ1n) is 7.81. The molecule has 126 valence electrons. The Balaban J connectivity index is 1.65. The zero-order valence-corrected chi connectivity index (χ0v) is 13.3. The normalized spacial score (nSPS) is 20.6. The third-order valence-corrected chi connectivity index (χ3v) is 4.11. The number of aromatic nitrogens is 1. The molecule has 2 unspecified atom stereocenters. The van der Waals surface area contributed by atoms with Crippen LogP contribution in [0.25, 0.3) is 11.5 Å². The minimum absolute atomic E-state index is 0.165. The molecule has 1 aliphatic heterocycles. The van der Waals surface area contributed by atoms with Gasteiger partial charge in [0.25, 0.3) is 0 Å². The van der Waals surface area contributed by atoms with Gasteiger partial charge in [0.1, 0.15) is 6.26 Å². The van der Waals surface area contributed by atoms with Gasteiger partial charge in [-0.2, -0.15) is 0 Å². The molecule has 2 heterocycles. The van der Waals surface area contributed by atoms with Crippen LogP contribution in [0.1, 0.15) is 13.3 Å². The van der Waals surface area contributed by atoms with Crippen molar-refractivity contribution < 1.29 is 19.1 Å². The molecule has 0 saturated carbocycles. The Labute approximate surface area is 139 Å². The summed E-state index contributed by atoms with van der Waals surface area (Å²) < 4.78 is 5.22. The molecular formula is C17H19N3O4. The molecule has 2 amide bonds. The zero-order chi connectivity index (χ0) is 17.1. The highest BCUT2D eigenvalue weighted by molar-refractivity contribution is 5.90. The second-order valence-electron chi connectivity index (χ2n) is 6.13. The Hall–Kier alpha value is -2.83. The first-order valence-corrected chi connectivity index (χ1v) is 7.81. The number of carbonyl (C=O) groups is 2. The zero-order valence-electron chi connectivity index (χ0n) is 13.3. The Morgan fingerprint density at radius 3 is 2.67 bits per heavy atom. The number of nitrogens with zero attached hydrogens (tertiary/aromatic N) is 2. The van der Waals surface area contributed by atoms with Crippen LogP contribution in [-0.4, -0.2) is 40.1 Å². The number of piperidine rings is 1. The van der Waals surface area contributed by atoms with E-state index in [9.17, 15) is 14.7 Å². The minimum atomic E-state index is -0.852. The van der Waals surface area contributed by atoms with E-state index >= 15 is 0 Å². The summed E-state index contributed by atoms with van der Waals surface area (Å²) in [7, 11) is 0. The van der Waals surface area contributed by atoms with Crippen LogP contribution in [0.3, 0.4) is 0 Å². The van der Waals surface area contributed by atoms with Gasteiger partial charge in [-0.15, -0.1) is 0 Å². The summed E-state index contributed by atoms with van der Waals surface area (Å²) in [4.78, 5) is 29.2. The number of amides is 2. The lowest BCUT2D eigenvalue weighted by molar-refractivity contribution is -0.143. The van der Waals surface area contributed by atoms with Crippen molar-refractivity contribution in [2.45, 2.75) is 13.3 Å². The average Bonchev–Trinajstić information content (AvgIpc) is 3.09. The number of aliphatic carboxylic acids is 1. The summed E-state index contributed by atoms with van der Waals surface area (Å²) >= 11 is 0. The highest BCUT2D eigenvalue weighted by Crippen LogP contribution is 2.23. The molecule has 2 N–H and O–H groups in total. The van der Waals surface area contributed by atoms with E-state index in [1.54, 1.807) is 35.4 Å². The van der Waals surface area contributed by atoms with E-state index in [1.165, 1.54) is 6.26 Å². The number of carboxylic acids is 1. The third-order valence-electron chi connectivity index (χ3n) is 4.11. The molecule has 24 heavy (non-hydrogen) atoms. The fourth-order valence-corrected chi connectivity index (χ4v) is 2.96. The molecule has 2 atom stereocenters. The van der Waals surface area contributed by atoms with Crippen LogP contribution >= 0.6 is 0 Å². The number of anilines is 1. The SMILES string of the molecule is CC1CC(C(=O)O)CN(C(=O)Nc2ccc(-c3ncco3)cc2)C1. The van der Waals surface area contributed by atoms with Gasteiger partial charge >= 0.3 is 12.0 Å². The topological polar surface area (TPSA) is 95.7 Å². The van der Waals surface area contributed by atoms with E-state index in [4.69, 9.17) is 4.42 Å². The number of oxazole rings is 1. The Kier molecular flexibility index (Phi) is 4.50. The number of likely N-dealkylation sites (tertiary alicyclic amines) is 1. The highest BCUT2D eigenvalue weighted by atomic mass is 16.4. The van der Waals surface area contributed by atoms with Gasteiger partial charge in [0.15, 0.2) is 0 Å². The molecule has 0 spiro atoms. The predicted molar refractivity (Wildman–Crippen MR) is 87.4 cm³/mol. The number of nitrogens with one attached hydrogen (secondary N) is 1. The van der Waals surface area contributed by atoms with Gasteiger partial charge < -0.3 is 19.7 Å². The van der Waals surface area contributed by atoms with Crippen LogP contribution in [0, 0.1) is 11.8 Å². The molecule has 1 fully saturated rings.